The lowest BCUT2D eigenvalue weighted by molar-refractivity contribution is -0.0391. The Hall–Kier alpha value is -2.55. The van der Waals surface area contributed by atoms with E-state index in [9.17, 15) is 8.42 Å². The quantitative estimate of drug-likeness (QED) is 0.167. The second kappa shape index (κ2) is 13.5. The van der Waals surface area contributed by atoms with Crippen LogP contribution in [0.4, 0.5) is 0 Å². The van der Waals surface area contributed by atoms with Crippen molar-refractivity contribution in [1.29, 1.82) is 0 Å². The summed E-state index contributed by atoms with van der Waals surface area (Å²) in [4.78, 5) is 2.47. The van der Waals surface area contributed by atoms with Crippen LogP contribution in [0.5, 0.6) is 0 Å². The van der Waals surface area contributed by atoms with Crippen molar-refractivity contribution < 1.29 is 22.1 Å². The molecule has 188 valence electrons. The van der Waals surface area contributed by atoms with Crippen LogP contribution in [-0.4, -0.2) is 40.1 Å². The maximum absolute atomic E-state index is 11.5. The Morgan fingerprint density at radius 2 is 1.49 bits per heavy atom. The number of methoxy groups -OCH3 is 1. The van der Waals surface area contributed by atoms with Gasteiger partial charge in [-0.2, -0.15) is 8.42 Å². The first-order valence-corrected chi connectivity index (χ1v) is 13.5. The summed E-state index contributed by atoms with van der Waals surface area (Å²) in [6.45, 7) is 3.73. The molecule has 2 atom stereocenters. The smallest absolute Gasteiger partial charge is 0.264 e. The molecule has 0 heterocycles. The summed E-state index contributed by atoms with van der Waals surface area (Å²) in [6, 6.07) is 29.0. The van der Waals surface area contributed by atoms with Gasteiger partial charge in [-0.15, -0.1) is 0 Å². The molecule has 3 rings (SSSR count). The zero-order chi connectivity index (χ0) is 25.1. The Balaban J connectivity index is 1.97. The molecule has 0 aromatic heterocycles. The Morgan fingerprint density at radius 3 is 2.14 bits per heavy atom. The van der Waals surface area contributed by atoms with Gasteiger partial charge in [0.25, 0.3) is 10.1 Å². The third-order valence-electron chi connectivity index (χ3n) is 5.90. The van der Waals surface area contributed by atoms with Crippen LogP contribution in [0.15, 0.2) is 84.9 Å². The van der Waals surface area contributed by atoms with E-state index in [0.29, 0.717) is 6.61 Å². The highest BCUT2D eigenvalue weighted by molar-refractivity contribution is 7.85. The molecule has 0 bridgehead atoms. The third kappa shape index (κ3) is 8.87. The first-order chi connectivity index (χ1) is 16.9. The van der Waals surface area contributed by atoms with E-state index >= 15 is 0 Å². The fraction of sp³-hybridized carbons (Fsp3) is 0.357. The number of hydrogen-bond acceptors (Lipinski definition) is 6. The van der Waals surface area contributed by atoms with Crippen molar-refractivity contribution in [3.63, 3.8) is 0 Å². The van der Waals surface area contributed by atoms with E-state index in [-0.39, 0.29) is 25.5 Å². The number of hydrogen-bond donors (Lipinski definition) is 0. The standard InChI is InChI=1S/C28H35NO5S/c1-23(26-14-8-5-9-15-26)29(20-24-11-6-4-7-12-24)28(17-18-33-22-32-2)27-16-10-13-25(19-27)21-34-35(3,30)31/h4-16,19,23,28H,17-18,20-22H2,1-3H3/t23-,28+/m0/s1. The average molecular weight is 498 g/mol. The highest BCUT2D eigenvalue weighted by Crippen LogP contribution is 2.35. The second-order valence-corrected chi connectivity index (χ2v) is 10.2. The Kier molecular flexibility index (Phi) is 10.4. The minimum absolute atomic E-state index is 0.00644. The first-order valence-electron chi connectivity index (χ1n) is 11.7. The van der Waals surface area contributed by atoms with Crippen molar-refractivity contribution in [2.75, 3.05) is 26.8 Å². The maximum Gasteiger partial charge on any atom is 0.264 e. The van der Waals surface area contributed by atoms with Gasteiger partial charge in [0.1, 0.15) is 6.79 Å². The summed E-state index contributed by atoms with van der Waals surface area (Å²) >= 11 is 0. The topological polar surface area (TPSA) is 65.1 Å². The van der Waals surface area contributed by atoms with Crippen LogP contribution in [-0.2, 0) is 36.9 Å². The van der Waals surface area contributed by atoms with Crippen molar-refractivity contribution in [2.24, 2.45) is 0 Å². The highest BCUT2D eigenvalue weighted by Gasteiger charge is 2.26. The molecular weight excluding hydrogens is 462 g/mol. The van der Waals surface area contributed by atoms with Crippen LogP contribution in [0.25, 0.3) is 0 Å². The molecule has 3 aromatic rings. The molecule has 0 amide bonds. The van der Waals surface area contributed by atoms with Gasteiger partial charge in [0.05, 0.1) is 19.5 Å². The van der Waals surface area contributed by atoms with Gasteiger partial charge in [-0.3, -0.25) is 9.08 Å². The molecule has 0 radical (unpaired) electrons. The van der Waals surface area contributed by atoms with Crippen molar-refractivity contribution in [3.05, 3.63) is 107 Å². The summed E-state index contributed by atoms with van der Waals surface area (Å²) in [5.41, 5.74) is 4.33. The van der Waals surface area contributed by atoms with E-state index in [1.165, 1.54) is 11.1 Å². The normalized spacial score (nSPS) is 13.6. The van der Waals surface area contributed by atoms with E-state index in [2.05, 4.69) is 66.4 Å². The Bertz CT molecular complexity index is 1120. The Morgan fingerprint density at radius 1 is 0.857 bits per heavy atom. The van der Waals surface area contributed by atoms with Crippen LogP contribution < -0.4 is 0 Å². The van der Waals surface area contributed by atoms with E-state index in [4.69, 9.17) is 13.7 Å². The SMILES string of the molecule is COCOCC[C@H](c1cccc(COS(C)(=O)=O)c1)N(Cc1ccccc1)[C@@H](C)c1ccccc1. The predicted molar refractivity (Wildman–Crippen MR) is 138 cm³/mol. The van der Waals surface area contributed by atoms with Crippen molar-refractivity contribution in [2.45, 2.75) is 38.6 Å². The number of rotatable bonds is 14. The van der Waals surface area contributed by atoms with Gasteiger partial charge in [0.15, 0.2) is 0 Å². The van der Waals surface area contributed by atoms with E-state index < -0.39 is 10.1 Å². The van der Waals surface area contributed by atoms with Crippen LogP contribution in [0.1, 0.15) is 47.7 Å². The third-order valence-corrected chi connectivity index (χ3v) is 6.45. The van der Waals surface area contributed by atoms with Crippen LogP contribution in [0.3, 0.4) is 0 Å². The summed E-state index contributed by atoms with van der Waals surface area (Å²) in [5, 5.41) is 0. The summed E-state index contributed by atoms with van der Waals surface area (Å²) in [6.07, 6.45) is 1.81. The molecule has 3 aromatic carbocycles. The summed E-state index contributed by atoms with van der Waals surface area (Å²) in [5.74, 6) is 0. The van der Waals surface area contributed by atoms with Crippen LogP contribution in [0, 0.1) is 0 Å². The molecule has 0 spiro atoms. The highest BCUT2D eigenvalue weighted by atomic mass is 32.2. The molecule has 0 fully saturated rings. The fourth-order valence-electron chi connectivity index (χ4n) is 4.16. The van der Waals surface area contributed by atoms with Gasteiger partial charge in [-0.05, 0) is 35.6 Å². The molecule has 0 unspecified atom stereocenters. The molecular formula is C28H35NO5S. The summed E-state index contributed by atoms with van der Waals surface area (Å²) in [7, 11) is -1.91. The number of ether oxygens (including phenoxy) is 2. The van der Waals surface area contributed by atoms with Crippen molar-refractivity contribution >= 4 is 10.1 Å². The van der Waals surface area contributed by atoms with Gasteiger partial charge in [0, 0.05) is 25.7 Å². The zero-order valence-electron chi connectivity index (χ0n) is 20.7. The maximum atomic E-state index is 11.5. The molecule has 0 aliphatic carbocycles. The van der Waals surface area contributed by atoms with Gasteiger partial charge < -0.3 is 9.47 Å². The van der Waals surface area contributed by atoms with Crippen LogP contribution in [0.2, 0.25) is 0 Å². The lowest BCUT2D eigenvalue weighted by atomic mass is 9.95. The minimum Gasteiger partial charge on any atom is -0.359 e. The summed E-state index contributed by atoms with van der Waals surface area (Å²) < 4.78 is 38.9. The van der Waals surface area contributed by atoms with E-state index in [1.807, 2.05) is 30.3 Å². The van der Waals surface area contributed by atoms with E-state index in [1.54, 1.807) is 7.11 Å². The zero-order valence-corrected chi connectivity index (χ0v) is 21.5. The van der Waals surface area contributed by atoms with Crippen molar-refractivity contribution in [3.8, 4) is 0 Å². The van der Waals surface area contributed by atoms with Crippen LogP contribution >= 0.6 is 0 Å². The lowest BCUT2D eigenvalue weighted by Gasteiger charge is -2.37. The molecule has 0 aliphatic heterocycles. The number of nitrogens with zero attached hydrogens (tertiary/aromatic N) is 1. The van der Waals surface area contributed by atoms with Gasteiger partial charge in [-0.25, -0.2) is 0 Å². The average Bonchev–Trinajstić information content (AvgIpc) is 2.87. The molecule has 35 heavy (non-hydrogen) atoms. The second-order valence-electron chi connectivity index (χ2n) is 8.58. The largest absolute Gasteiger partial charge is 0.359 e. The predicted octanol–water partition coefficient (Wildman–Crippen LogP) is 5.48. The van der Waals surface area contributed by atoms with E-state index in [0.717, 1.165) is 30.3 Å². The molecule has 7 heteroatoms. The molecule has 0 saturated heterocycles. The minimum atomic E-state index is -3.53. The monoisotopic (exact) mass is 497 g/mol. The van der Waals surface area contributed by atoms with Crippen molar-refractivity contribution in [1.82, 2.24) is 4.90 Å². The molecule has 6 nitrogen and oxygen atoms in total. The molecule has 0 saturated carbocycles. The molecule has 0 N–H and O–H groups in total. The van der Waals surface area contributed by atoms with Gasteiger partial charge in [0.2, 0.25) is 0 Å². The first kappa shape index (κ1) is 27.0. The fourth-order valence-corrected chi connectivity index (χ4v) is 4.51. The lowest BCUT2D eigenvalue weighted by Crippen LogP contribution is -2.32. The Labute approximate surface area is 209 Å². The number of benzene rings is 3. The van der Waals surface area contributed by atoms with Gasteiger partial charge >= 0.3 is 0 Å². The molecule has 0 aliphatic rings. The van der Waals surface area contributed by atoms with Gasteiger partial charge in [-0.1, -0.05) is 84.9 Å².